The first-order valence-corrected chi connectivity index (χ1v) is 7.86. The van der Waals surface area contributed by atoms with Crippen LogP contribution in [0, 0.1) is 0 Å². The molecule has 1 heterocycles. The minimum Gasteiger partial charge on any atom is -0.385 e. The first-order chi connectivity index (χ1) is 10.1. The topological polar surface area (TPSA) is 35.6 Å². The van der Waals surface area contributed by atoms with Gasteiger partial charge in [0, 0.05) is 44.8 Å². The molecule has 0 spiro atoms. The van der Waals surface area contributed by atoms with Crippen LogP contribution < -0.4 is 5.32 Å². The van der Waals surface area contributed by atoms with Crippen molar-refractivity contribution in [3.8, 4) is 0 Å². The number of rotatable bonds is 5. The first kappa shape index (κ1) is 15.8. The predicted molar refractivity (Wildman–Crippen MR) is 87.7 cm³/mol. The number of nitrogens with zero attached hydrogens (tertiary/aromatic N) is 2. The molecule has 2 rings (SSSR count). The van der Waals surface area contributed by atoms with Crippen molar-refractivity contribution in [1.82, 2.24) is 9.80 Å². The molecule has 0 atom stereocenters. The van der Waals surface area contributed by atoms with Gasteiger partial charge in [0.15, 0.2) is 0 Å². The minimum absolute atomic E-state index is 0.259. The van der Waals surface area contributed by atoms with Crippen LogP contribution in [0.1, 0.15) is 31.7 Å². The van der Waals surface area contributed by atoms with E-state index in [1.807, 2.05) is 4.90 Å². The predicted octanol–water partition coefficient (Wildman–Crippen LogP) is 2.39. The second-order valence-corrected chi connectivity index (χ2v) is 6.14. The molecule has 116 valence electrons. The van der Waals surface area contributed by atoms with Crippen molar-refractivity contribution >= 4 is 11.6 Å². The van der Waals surface area contributed by atoms with Crippen LogP contribution >= 0.6 is 0 Å². The Morgan fingerprint density at radius 3 is 2.33 bits per heavy atom. The fourth-order valence-corrected chi connectivity index (χ4v) is 2.51. The third kappa shape index (κ3) is 4.74. The van der Waals surface area contributed by atoms with Gasteiger partial charge in [-0.25, -0.2) is 0 Å². The maximum atomic E-state index is 12.1. The van der Waals surface area contributed by atoms with Gasteiger partial charge >= 0.3 is 0 Å². The Balaban J connectivity index is 1.72. The van der Waals surface area contributed by atoms with Gasteiger partial charge in [0.05, 0.1) is 0 Å². The highest BCUT2D eigenvalue weighted by Crippen LogP contribution is 2.17. The summed E-state index contributed by atoms with van der Waals surface area (Å²) in [4.78, 5) is 16.3. The third-order valence-corrected chi connectivity index (χ3v) is 4.10. The molecule has 4 heteroatoms. The van der Waals surface area contributed by atoms with E-state index in [-0.39, 0.29) is 5.91 Å². The number of likely N-dealkylation sites (N-methyl/N-ethyl adjacent to an activating group) is 1. The smallest absolute Gasteiger partial charge is 0.224 e. The van der Waals surface area contributed by atoms with Crippen LogP contribution in [0.15, 0.2) is 24.3 Å². The van der Waals surface area contributed by atoms with Gasteiger partial charge in [-0.05, 0) is 30.7 Å². The molecule has 1 fully saturated rings. The molecule has 1 saturated heterocycles. The average Bonchev–Trinajstić information content (AvgIpc) is 2.48. The van der Waals surface area contributed by atoms with Gasteiger partial charge in [-0.3, -0.25) is 4.79 Å². The van der Waals surface area contributed by atoms with E-state index in [1.54, 1.807) is 0 Å². The Hall–Kier alpha value is -1.55. The molecule has 0 radical (unpaired) electrons. The quantitative estimate of drug-likeness (QED) is 0.904. The largest absolute Gasteiger partial charge is 0.385 e. The van der Waals surface area contributed by atoms with Crippen molar-refractivity contribution < 1.29 is 4.79 Å². The molecule has 1 aliphatic rings. The van der Waals surface area contributed by atoms with Crippen LogP contribution in [-0.2, 0) is 4.79 Å². The van der Waals surface area contributed by atoms with E-state index < -0.39 is 0 Å². The number of benzene rings is 1. The van der Waals surface area contributed by atoms with Gasteiger partial charge in [0.2, 0.25) is 5.91 Å². The van der Waals surface area contributed by atoms with Crippen LogP contribution in [0.25, 0.3) is 0 Å². The van der Waals surface area contributed by atoms with E-state index in [9.17, 15) is 4.79 Å². The average molecular weight is 289 g/mol. The Labute approximate surface area is 128 Å². The van der Waals surface area contributed by atoms with Crippen LogP contribution in [-0.4, -0.2) is 55.5 Å². The first-order valence-electron chi connectivity index (χ1n) is 7.86. The van der Waals surface area contributed by atoms with Crippen LogP contribution in [0.3, 0.4) is 0 Å². The van der Waals surface area contributed by atoms with Crippen molar-refractivity contribution in [2.24, 2.45) is 0 Å². The van der Waals surface area contributed by atoms with E-state index >= 15 is 0 Å². The zero-order valence-corrected chi connectivity index (χ0v) is 13.4. The molecule has 4 nitrogen and oxygen atoms in total. The molecule has 0 aromatic heterocycles. The fraction of sp³-hybridized carbons (Fsp3) is 0.588. The van der Waals surface area contributed by atoms with Gasteiger partial charge in [0.25, 0.3) is 0 Å². The monoisotopic (exact) mass is 289 g/mol. The summed E-state index contributed by atoms with van der Waals surface area (Å²) in [5, 5.41) is 3.33. The van der Waals surface area contributed by atoms with Crippen molar-refractivity contribution in [2.45, 2.75) is 26.2 Å². The molecule has 1 N–H and O–H groups in total. The van der Waals surface area contributed by atoms with E-state index in [1.165, 1.54) is 5.56 Å². The van der Waals surface area contributed by atoms with Crippen molar-refractivity contribution in [3.05, 3.63) is 29.8 Å². The summed E-state index contributed by atoms with van der Waals surface area (Å²) in [5.41, 5.74) is 2.43. The Kier molecular flexibility index (Phi) is 5.62. The summed E-state index contributed by atoms with van der Waals surface area (Å²) < 4.78 is 0. The lowest BCUT2D eigenvalue weighted by Crippen LogP contribution is -2.47. The minimum atomic E-state index is 0.259. The molecule has 0 unspecified atom stereocenters. The highest BCUT2D eigenvalue weighted by molar-refractivity contribution is 5.76. The highest BCUT2D eigenvalue weighted by Gasteiger charge is 2.18. The Morgan fingerprint density at radius 2 is 1.76 bits per heavy atom. The standard InChI is InChI=1S/C17H27N3O/c1-14(2)15-4-6-16(7-5-15)18-9-8-17(21)20-12-10-19(3)11-13-20/h4-7,14,18H,8-13H2,1-3H3. The van der Waals surface area contributed by atoms with E-state index in [0.29, 0.717) is 18.9 Å². The van der Waals surface area contributed by atoms with Crippen molar-refractivity contribution in [3.63, 3.8) is 0 Å². The second-order valence-electron chi connectivity index (χ2n) is 6.14. The van der Waals surface area contributed by atoms with Gasteiger partial charge < -0.3 is 15.1 Å². The summed E-state index contributed by atoms with van der Waals surface area (Å²) in [6, 6.07) is 8.48. The van der Waals surface area contributed by atoms with E-state index in [4.69, 9.17) is 0 Å². The van der Waals surface area contributed by atoms with E-state index in [0.717, 1.165) is 31.9 Å². The van der Waals surface area contributed by atoms with Gasteiger partial charge in [-0.2, -0.15) is 0 Å². The van der Waals surface area contributed by atoms with Crippen LogP contribution in [0.2, 0.25) is 0 Å². The maximum Gasteiger partial charge on any atom is 0.224 e. The molecule has 0 aliphatic carbocycles. The fourth-order valence-electron chi connectivity index (χ4n) is 2.51. The Morgan fingerprint density at radius 1 is 1.14 bits per heavy atom. The van der Waals surface area contributed by atoms with Crippen molar-refractivity contribution in [2.75, 3.05) is 45.1 Å². The molecule has 1 aromatic rings. The van der Waals surface area contributed by atoms with Crippen LogP contribution in [0.5, 0.6) is 0 Å². The molecule has 21 heavy (non-hydrogen) atoms. The highest BCUT2D eigenvalue weighted by atomic mass is 16.2. The van der Waals surface area contributed by atoms with E-state index in [2.05, 4.69) is 55.4 Å². The summed E-state index contributed by atoms with van der Waals surface area (Å²) in [5.74, 6) is 0.812. The SMILES string of the molecule is CC(C)c1ccc(NCCC(=O)N2CCN(C)CC2)cc1. The lowest BCUT2D eigenvalue weighted by molar-refractivity contribution is -0.132. The van der Waals surface area contributed by atoms with Crippen molar-refractivity contribution in [1.29, 1.82) is 0 Å². The number of amides is 1. The lowest BCUT2D eigenvalue weighted by Gasteiger charge is -2.32. The number of nitrogens with one attached hydrogen (secondary N) is 1. The molecule has 0 saturated carbocycles. The normalized spacial score (nSPS) is 16.3. The van der Waals surface area contributed by atoms with Gasteiger partial charge in [-0.15, -0.1) is 0 Å². The number of piperazine rings is 1. The molecule has 0 bridgehead atoms. The number of anilines is 1. The Bertz CT molecular complexity index is 448. The third-order valence-electron chi connectivity index (χ3n) is 4.10. The number of carbonyl (C=O) groups excluding carboxylic acids is 1. The summed E-state index contributed by atoms with van der Waals surface area (Å²) in [7, 11) is 2.10. The molecule has 1 amide bonds. The zero-order valence-electron chi connectivity index (χ0n) is 13.4. The summed E-state index contributed by atoms with van der Waals surface area (Å²) in [6.07, 6.45) is 0.565. The number of carbonyl (C=O) groups is 1. The summed E-state index contributed by atoms with van der Waals surface area (Å²) >= 11 is 0. The lowest BCUT2D eigenvalue weighted by atomic mass is 10.0. The summed E-state index contributed by atoms with van der Waals surface area (Å²) in [6.45, 7) is 8.77. The molecular weight excluding hydrogens is 262 g/mol. The van der Waals surface area contributed by atoms with Crippen LogP contribution in [0.4, 0.5) is 5.69 Å². The molecule has 1 aliphatic heterocycles. The maximum absolute atomic E-state index is 12.1. The number of hydrogen-bond acceptors (Lipinski definition) is 3. The zero-order chi connectivity index (χ0) is 15.2. The molecule has 1 aromatic carbocycles. The molecular formula is C17H27N3O. The van der Waals surface area contributed by atoms with Gasteiger partial charge in [-0.1, -0.05) is 26.0 Å². The van der Waals surface area contributed by atoms with Gasteiger partial charge in [0.1, 0.15) is 0 Å². The second kappa shape index (κ2) is 7.46. The number of hydrogen-bond donors (Lipinski definition) is 1.